The van der Waals surface area contributed by atoms with Gasteiger partial charge in [-0.05, 0) is 32.2 Å². The highest BCUT2D eigenvalue weighted by Crippen LogP contribution is 2.12. The highest BCUT2D eigenvalue weighted by molar-refractivity contribution is 5.82. The zero-order valence-electron chi connectivity index (χ0n) is 12.5. The Kier molecular flexibility index (Phi) is 5.37. The Balaban J connectivity index is 1.68. The Labute approximate surface area is 120 Å². The Morgan fingerprint density at radius 3 is 2.50 bits per heavy atom. The highest BCUT2D eigenvalue weighted by Gasteiger charge is 2.26. The molecular weight excluding hydrogens is 256 g/mol. The van der Waals surface area contributed by atoms with Crippen molar-refractivity contribution >= 4 is 11.8 Å². The lowest BCUT2D eigenvalue weighted by atomic mass is 10.0. The van der Waals surface area contributed by atoms with E-state index in [2.05, 4.69) is 15.5 Å². The Bertz CT molecular complexity index is 345. The smallest absolute Gasteiger partial charge is 0.237 e. The normalized spacial score (nSPS) is 24.6. The van der Waals surface area contributed by atoms with Crippen molar-refractivity contribution in [1.82, 2.24) is 20.4 Å². The molecule has 6 heteroatoms. The quantitative estimate of drug-likeness (QED) is 0.723. The molecule has 2 fully saturated rings. The minimum Gasteiger partial charge on any atom is -0.352 e. The molecule has 2 amide bonds. The fraction of sp³-hybridized carbons (Fsp3) is 0.857. The van der Waals surface area contributed by atoms with E-state index in [1.54, 1.807) is 19.0 Å². The van der Waals surface area contributed by atoms with Crippen molar-refractivity contribution in [3.05, 3.63) is 0 Å². The number of rotatable bonds is 4. The molecular formula is C14H26N4O2. The second kappa shape index (κ2) is 7.04. The SMILES string of the molecule is CN(C)C(=O)CN1CCC(NC(=O)C2CCCN2)CC1. The maximum Gasteiger partial charge on any atom is 0.237 e. The number of hydrogen-bond acceptors (Lipinski definition) is 4. The summed E-state index contributed by atoms with van der Waals surface area (Å²) in [5.41, 5.74) is 0. The van der Waals surface area contributed by atoms with Gasteiger partial charge in [0.15, 0.2) is 0 Å². The summed E-state index contributed by atoms with van der Waals surface area (Å²) in [6.07, 6.45) is 3.89. The van der Waals surface area contributed by atoms with Gasteiger partial charge in [-0.2, -0.15) is 0 Å². The summed E-state index contributed by atoms with van der Waals surface area (Å²) in [5, 5.41) is 6.35. The third-order valence-electron chi connectivity index (χ3n) is 4.17. The first-order valence-corrected chi connectivity index (χ1v) is 7.52. The molecule has 2 N–H and O–H groups in total. The predicted octanol–water partition coefficient (Wildman–Crippen LogP) is -0.593. The van der Waals surface area contributed by atoms with Crippen LogP contribution in [0.1, 0.15) is 25.7 Å². The van der Waals surface area contributed by atoms with Gasteiger partial charge in [0.2, 0.25) is 11.8 Å². The van der Waals surface area contributed by atoms with Crippen LogP contribution in [0.3, 0.4) is 0 Å². The van der Waals surface area contributed by atoms with Gasteiger partial charge in [0, 0.05) is 33.2 Å². The fourth-order valence-corrected chi connectivity index (χ4v) is 2.78. The van der Waals surface area contributed by atoms with Crippen LogP contribution in [0, 0.1) is 0 Å². The van der Waals surface area contributed by atoms with Gasteiger partial charge in [-0.25, -0.2) is 0 Å². The van der Waals surface area contributed by atoms with Gasteiger partial charge < -0.3 is 15.5 Å². The maximum atomic E-state index is 12.0. The molecule has 0 radical (unpaired) electrons. The summed E-state index contributed by atoms with van der Waals surface area (Å²) in [6.45, 7) is 3.19. The molecule has 0 spiro atoms. The third kappa shape index (κ3) is 4.18. The third-order valence-corrected chi connectivity index (χ3v) is 4.17. The molecule has 1 atom stereocenters. The van der Waals surface area contributed by atoms with Crippen LogP contribution in [0.25, 0.3) is 0 Å². The van der Waals surface area contributed by atoms with Crippen LogP contribution in [0.4, 0.5) is 0 Å². The van der Waals surface area contributed by atoms with Gasteiger partial charge in [-0.3, -0.25) is 14.5 Å². The van der Waals surface area contributed by atoms with E-state index in [4.69, 9.17) is 0 Å². The number of amides is 2. The predicted molar refractivity (Wildman–Crippen MR) is 77.3 cm³/mol. The minimum absolute atomic E-state index is 0.00310. The van der Waals surface area contributed by atoms with E-state index in [1.807, 2.05) is 0 Å². The number of hydrogen-bond donors (Lipinski definition) is 2. The Hall–Kier alpha value is -1.14. The largest absolute Gasteiger partial charge is 0.352 e. The molecule has 20 heavy (non-hydrogen) atoms. The first-order chi connectivity index (χ1) is 9.56. The van der Waals surface area contributed by atoms with Crippen LogP contribution in [0.15, 0.2) is 0 Å². The lowest BCUT2D eigenvalue weighted by Crippen LogP contribution is -2.50. The summed E-state index contributed by atoms with van der Waals surface area (Å²) < 4.78 is 0. The monoisotopic (exact) mass is 282 g/mol. The standard InChI is InChI=1S/C14H26N4O2/c1-17(2)13(19)10-18-8-5-11(6-9-18)16-14(20)12-4-3-7-15-12/h11-12,15H,3-10H2,1-2H3,(H,16,20). The lowest BCUT2D eigenvalue weighted by Gasteiger charge is -2.32. The molecule has 0 aromatic rings. The molecule has 1 unspecified atom stereocenters. The van der Waals surface area contributed by atoms with Crippen molar-refractivity contribution in [3.8, 4) is 0 Å². The van der Waals surface area contributed by atoms with Crippen LogP contribution < -0.4 is 10.6 Å². The molecule has 2 heterocycles. The zero-order valence-corrected chi connectivity index (χ0v) is 12.5. The number of likely N-dealkylation sites (N-methyl/N-ethyl adjacent to an activating group) is 1. The van der Waals surface area contributed by atoms with Gasteiger partial charge in [0.05, 0.1) is 12.6 Å². The van der Waals surface area contributed by atoms with Gasteiger partial charge in [-0.1, -0.05) is 0 Å². The Morgan fingerprint density at radius 1 is 1.25 bits per heavy atom. The van der Waals surface area contributed by atoms with E-state index < -0.39 is 0 Å². The summed E-state index contributed by atoms with van der Waals surface area (Å²) in [5.74, 6) is 0.285. The minimum atomic E-state index is 0.00310. The van der Waals surface area contributed by atoms with Crippen molar-refractivity contribution in [1.29, 1.82) is 0 Å². The van der Waals surface area contributed by atoms with Crippen LogP contribution in [-0.4, -0.2) is 74.0 Å². The first kappa shape index (κ1) is 15.3. The second-order valence-electron chi connectivity index (χ2n) is 6.00. The van der Waals surface area contributed by atoms with E-state index in [1.165, 1.54) is 0 Å². The zero-order chi connectivity index (χ0) is 14.5. The molecule has 6 nitrogen and oxygen atoms in total. The summed E-state index contributed by atoms with van der Waals surface area (Å²) in [6, 6.07) is 0.263. The molecule has 2 rings (SSSR count). The maximum absolute atomic E-state index is 12.0. The van der Waals surface area contributed by atoms with Gasteiger partial charge >= 0.3 is 0 Å². The van der Waals surface area contributed by atoms with E-state index in [9.17, 15) is 9.59 Å². The molecule has 0 aromatic heterocycles. The van der Waals surface area contributed by atoms with Gasteiger partial charge in [0.1, 0.15) is 0 Å². The second-order valence-corrected chi connectivity index (χ2v) is 6.00. The van der Waals surface area contributed by atoms with Crippen LogP contribution >= 0.6 is 0 Å². The van der Waals surface area contributed by atoms with Crippen molar-refractivity contribution < 1.29 is 9.59 Å². The number of likely N-dealkylation sites (tertiary alicyclic amines) is 1. The van der Waals surface area contributed by atoms with E-state index in [0.717, 1.165) is 45.3 Å². The van der Waals surface area contributed by atoms with Crippen LogP contribution in [0.2, 0.25) is 0 Å². The average Bonchev–Trinajstić information content (AvgIpc) is 2.95. The highest BCUT2D eigenvalue weighted by atomic mass is 16.2. The topological polar surface area (TPSA) is 64.7 Å². The van der Waals surface area contributed by atoms with Crippen molar-refractivity contribution in [2.24, 2.45) is 0 Å². The first-order valence-electron chi connectivity index (χ1n) is 7.52. The van der Waals surface area contributed by atoms with E-state index >= 15 is 0 Å². The van der Waals surface area contributed by atoms with Crippen LogP contribution in [-0.2, 0) is 9.59 Å². The van der Waals surface area contributed by atoms with Crippen molar-refractivity contribution in [3.63, 3.8) is 0 Å². The van der Waals surface area contributed by atoms with E-state index in [0.29, 0.717) is 6.54 Å². The average molecular weight is 282 g/mol. The lowest BCUT2D eigenvalue weighted by molar-refractivity contribution is -0.130. The molecule has 0 aromatic carbocycles. The fourth-order valence-electron chi connectivity index (χ4n) is 2.78. The molecule has 0 saturated carbocycles. The van der Waals surface area contributed by atoms with E-state index in [-0.39, 0.29) is 23.9 Å². The number of nitrogens with one attached hydrogen (secondary N) is 2. The summed E-state index contributed by atoms with van der Waals surface area (Å²) >= 11 is 0. The number of nitrogens with zero attached hydrogens (tertiary/aromatic N) is 2. The summed E-state index contributed by atoms with van der Waals surface area (Å²) in [4.78, 5) is 27.5. The molecule has 2 saturated heterocycles. The number of piperidine rings is 1. The van der Waals surface area contributed by atoms with Gasteiger partial charge in [-0.15, -0.1) is 0 Å². The molecule has 0 bridgehead atoms. The molecule has 0 aliphatic carbocycles. The van der Waals surface area contributed by atoms with Crippen LogP contribution in [0.5, 0.6) is 0 Å². The van der Waals surface area contributed by atoms with Crippen molar-refractivity contribution in [2.75, 3.05) is 40.3 Å². The molecule has 114 valence electrons. The molecule has 2 aliphatic rings. The molecule has 2 aliphatic heterocycles. The van der Waals surface area contributed by atoms with Crippen molar-refractivity contribution in [2.45, 2.75) is 37.8 Å². The Morgan fingerprint density at radius 2 is 1.95 bits per heavy atom. The summed E-state index contributed by atoms with van der Waals surface area (Å²) in [7, 11) is 3.56. The number of carbonyl (C=O) groups excluding carboxylic acids is 2. The number of carbonyl (C=O) groups is 2. The van der Waals surface area contributed by atoms with Gasteiger partial charge in [0.25, 0.3) is 0 Å².